The van der Waals surface area contributed by atoms with Gasteiger partial charge in [0, 0.05) is 6.42 Å². The second-order valence-electron chi connectivity index (χ2n) is 1.21. The third-order valence-electron chi connectivity index (χ3n) is 0.627. The largest absolute Gasteiger partial charge is 0.390 e. The quantitative estimate of drug-likeness (QED) is 0.411. The fourth-order valence-electron chi connectivity index (χ4n) is 0.139. The van der Waals surface area contributed by atoms with E-state index >= 15 is 0 Å². The molecule has 1 radical (unpaired) electrons. The standard InChI is InChI=1S/C3H5O2/c4-2-1-3(2)5/h2,4-5H,1H2. The van der Waals surface area contributed by atoms with Crippen molar-refractivity contribution in [1.29, 1.82) is 0 Å². The van der Waals surface area contributed by atoms with Gasteiger partial charge in [-0.25, -0.2) is 0 Å². The Balaban J connectivity index is 2.20. The lowest BCUT2D eigenvalue weighted by Crippen LogP contribution is -1.76. The van der Waals surface area contributed by atoms with Gasteiger partial charge in [0.15, 0.2) is 0 Å². The minimum absolute atomic E-state index is 0.227. The highest BCUT2D eigenvalue weighted by molar-refractivity contribution is 5.04. The summed E-state index contributed by atoms with van der Waals surface area (Å²) >= 11 is 0. The molecule has 1 aliphatic rings. The van der Waals surface area contributed by atoms with E-state index in [4.69, 9.17) is 10.2 Å². The summed E-state index contributed by atoms with van der Waals surface area (Å²) in [6.07, 6.45) is 0.250. The molecule has 1 fully saturated rings. The molecule has 0 spiro atoms. The maximum atomic E-state index is 8.15. The molecule has 0 saturated heterocycles. The first-order valence-electron chi connectivity index (χ1n) is 1.53. The molecule has 0 bridgehead atoms. The molecule has 0 aliphatic heterocycles. The normalized spacial score (nSPS) is 38.4. The number of aliphatic hydroxyl groups is 2. The van der Waals surface area contributed by atoms with E-state index in [0.29, 0.717) is 6.42 Å². The van der Waals surface area contributed by atoms with Crippen LogP contribution in [-0.2, 0) is 0 Å². The van der Waals surface area contributed by atoms with Gasteiger partial charge in [0.25, 0.3) is 0 Å². The van der Waals surface area contributed by atoms with E-state index in [1.807, 2.05) is 0 Å². The Hall–Kier alpha value is -0.0800. The van der Waals surface area contributed by atoms with Crippen LogP contribution in [-0.4, -0.2) is 16.3 Å². The molecule has 0 heterocycles. The van der Waals surface area contributed by atoms with Gasteiger partial charge in [0.05, 0.1) is 6.10 Å². The predicted molar refractivity (Wildman–Crippen MR) is 15.8 cm³/mol. The molecule has 29 valence electrons. The monoisotopic (exact) mass is 73.0 g/mol. The maximum absolute atomic E-state index is 8.15. The minimum Gasteiger partial charge on any atom is -0.390 e. The zero-order valence-corrected chi connectivity index (χ0v) is 2.68. The molecule has 0 aromatic heterocycles. The van der Waals surface area contributed by atoms with Gasteiger partial charge in [0.1, 0.15) is 6.10 Å². The maximum Gasteiger partial charge on any atom is 0.124 e. The molecule has 1 unspecified atom stereocenters. The number of aliphatic hydroxyl groups excluding tert-OH is 2. The number of rotatable bonds is 0. The van der Waals surface area contributed by atoms with Crippen LogP contribution >= 0.6 is 0 Å². The van der Waals surface area contributed by atoms with Crippen molar-refractivity contribution in [3.8, 4) is 0 Å². The van der Waals surface area contributed by atoms with Gasteiger partial charge < -0.3 is 10.2 Å². The molecule has 1 aliphatic carbocycles. The van der Waals surface area contributed by atoms with Crippen LogP contribution in [0.1, 0.15) is 6.42 Å². The number of hydrogen-bond acceptors (Lipinski definition) is 2. The van der Waals surface area contributed by atoms with E-state index in [1.54, 1.807) is 0 Å². The van der Waals surface area contributed by atoms with Crippen LogP contribution in [0, 0.1) is 6.10 Å². The fourth-order valence-corrected chi connectivity index (χ4v) is 0.139. The lowest BCUT2D eigenvalue weighted by molar-refractivity contribution is 0.235. The minimum atomic E-state index is -0.477. The highest BCUT2D eigenvalue weighted by Gasteiger charge is 2.34. The lowest BCUT2D eigenvalue weighted by atomic mass is 10.8. The molecule has 1 rings (SSSR count). The predicted octanol–water partition coefficient (Wildman–Crippen LogP) is -0.345. The van der Waals surface area contributed by atoms with Crippen LogP contribution in [0.2, 0.25) is 0 Å². The Labute approximate surface area is 30.1 Å². The molecule has 5 heavy (non-hydrogen) atoms. The summed E-state index contributed by atoms with van der Waals surface area (Å²) in [7, 11) is 0. The SMILES string of the molecule is O[C]1CC1O. The Kier molecular flexibility index (Phi) is 0.436. The van der Waals surface area contributed by atoms with Crippen molar-refractivity contribution in [3.63, 3.8) is 0 Å². The second kappa shape index (κ2) is 0.698. The zero-order valence-electron chi connectivity index (χ0n) is 2.68. The summed E-state index contributed by atoms with van der Waals surface area (Å²) < 4.78 is 0. The van der Waals surface area contributed by atoms with Crippen LogP contribution < -0.4 is 0 Å². The van der Waals surface area contributed by atoms with Crippen LogP contribution in [0.15, 0.2) is 0 Å². The van der Waals surface area contributed by atoms with Crippen molar-refractivity contribution in [3.05, 3.63) is 6.10 Å². The first kappa shape index (κ1) is 3.12. The van der Waals surface area contributed by atoms with E-state index in [-0.39, 0.29) is 6.10 Å². The average Bonchev–Trinajstić information content (AvgIpc) is 1.79. The van der Waals surface area contributed by atoms with Gasteiger partial charge in [0.2, 0.25) is 0 Å². The topological polar surface area (TPSA) is 40.5 Å². The molecule has 1 saturated carbocycles. The number of hydrogen-bond donors (Lipinski definition) is 2. The summed E-state index contributed by atoms with van der Waals surface area (Å²) in [6, 6.07) is 0. The van der Waals surface area contributed by atoms with E-state index in [9.17, 15) is 0 Å². The Morgan fingerprint density at radius 2 is 2.00 bits per heavy atom. The summed E-state index contributed by atoms with van der Waals surface area (Å²) in [4.78, 5) is 0. The molecule has 0 amide bonds. The third-order valence-corrected chi connectivity index (χ3v) is 0.627. The van der Waals surface area contributed by atoms with E-state index in [1.165, 1.54) is 0 Å². The van der Waals surface area contributed by atoms with Crippen molar-refractivity contribution >= 4 is 0 Å². The zero-order chi connectivity index (χ0) is 3.86. The van der Waals surface area contributed by atoms with Gasteiger partial charge in [-0.2, -0.15) is 0 Å². The van der Waals surface area contributed by atoms with Crippen molar-refractivity contribution in [2.45, 2.75) is 12.5 Å². The first-order chi connectivity index (χ1) is 2.30. The van der Waals surface area contributed by atoms with Crippen molar-refractivity contribution < 1.29 is 10.2 Å². The molecule has 0 aromatic carbocycles. The molecular weight excluding hydrogens is 68.0 g/mol. The smallest absolute Gasteiger partial charge is 0.124 e. The van der Waals surface area contributed by atoms with Crippen LogP contribution in [0.5, 0.6) is 0 Å². The molecule has 2 heteroatoms. The lowest BCUT2D eigenvalue weighted by Gasteiger charge is -1.67. The van der Waals surface area contributed by atoms with Crippen molar-refractivity contribution in [2.75, 3.05) is 0 Å². The summed E-state index contributed by atoms with van der Waals surface area (Å²) in [5.41, 5.74) is 0. The molecule has 2 nitrogen and oxygen atoms in total. The van der Waals surface area contributed by atoms with Crippen molar-refractivity contribution in [2.24, 2.45) is 0 Å². The van der Waals surface area contributed by atoms with E-state index < -0.39 is 6.10 Å². The summed E-state index contributed by atoms with van der Waals surface area (Å²) in [5.74, 6) is 0. The van der Waals surface area contributed by atoms with Gasteiger partial charge in [-0.3, -0.25) is 0 Å². The Morgan fingerprint density at radius 3 is 2.00 bits per heavy atom. The molecular formula is C3H5O2. The van der Waals surface area contributed by atoms with Gasteiger partial charge in [-0.05, 0) is 0 Å². The van der Waals surface area contributed by atoms with Gasteiger partial charge in [-0.1, -0.05) is 0 Å². The van der Waals surface area contributed by atoms with E-state index in [0.717, 1.165) is 0 Å². The summed E-state index contributed by atoms with van der Waals surface area (Å²) in [5, 5.41) is 16.2. The van der Waals surface area contributed by atoms with Crippen LogP contribution in [0.4, 0.5) is 0 Å². The third kappa shape index (κ3) is 0.412. The molecule has 0 aromatic rings. The Morgan fingerprint density at radius 1 is 1.80 bits per heavy atom. The molecule has 2 N–H and O–H groups in total. The van der Waals surface area contributed by atoms with E-state index in [2.05, 4.69) is 0 Å². The Bertz CT molecular complexity index is 38.2. The highest BCUT2D eigenvalue weighted by atomic mass is 16.3. The van der Waals surface area contributed by atoms with Gasteiger partial charge in [-0.15, -0.1) is 0 Å². The highest BCUT2D eigenvalue weighted by Crippen LogP contribution is 2.28. The first-order valence-corrected chi connectivity index (χ1v) is 1.53. The fraction of sp³-hybridized carbons (Fsp3) is 0.667. The van der Waals surface area contributed by atoms with Crippen LogP contribution in [0.25, 0.3) is 0 Å². The van der Waals surface area contributed by atoms with Gasteiger partial charge >= 0.3 is 0 Å². The van der Waals surface area contributed by atoms with Crippen molar-refractivity contribution in [1.82, 2.24) is 0 Å². The molecule has 1 atom stereocenters. The van der Waals surface area contributed by atoms with Crippen LogP contribution in [0.3, 0.4) is 0 Å². The second-order valence-corrected chi connectivity index (χ2v) is 1.21. The average molecular weight is 73.1 g/mol. The summed E-state index contributed by atoms with van der Waals surface area (Å²) in [6.45, 7) is 0.